The van der Waals surface area contributed by atoms with Crippen molar-refractivity contribution in [3.8, 4) is 0 Å². The van der Waals surface area contributed by atoms with Gasteiger partial charge in [-0.2, -0.15) is 16.4 Å². The van der Waals surface area contributed by atoms with E-state index in [0.717, 1.165) is 22.6 Å². The summed E-state index contributed by atoms with van der Waals surface area (Å²) < 4.78 is 7.00. The Hall–Kier alpha value is -2.41. The van der Waals surface area contributed by atoms with E-state index in [2.05, 4.69) is 27.0 Å². The number of carbonyl (C=O) groups excluding carboxylic acids is 1. The minimum absolute atomic E-state index is 0.00858. The van der Waals surface area contributed by atoms with Crippen LogP contribution in [0.4, 0.5) is 0 Å². The van der Waals surface area contributed by atoms with E-state index in [-0.39, 0.29) is 11.9 Å². The third-order valence-electron chi connectivity index (χ3n) is 4.05. The number of aromatic nitrogens is 3. The molecular weight excluding hydrogens is 324 g/mol. The van der Waals surface area contributed by atoms with Gasteiger partial charge in [0.1, 0.15) is 5.76 Å². The molecule has 3 heterocycles. The number of carbonyl (C=O) groups is 1. The summed E-state index contributed by atoms with van der Waals surface area (Å²) in [5, 5.41) is 15.4. The number of hydrogen-bond donors (Lipinski definition) is 1. The lowest BCUT2D eigenvalue weighted by atomic mass is 10.1. The molecule has 0 unspecified atom stereocenters. The highest BCUT2D eigenvalue weighted by atomic mass is 32.1. The van der Waals surface area contributed by atoms with Gasteiger partial charge in [-0.1, -0.05) is 5.16 Å². The Labute approximate surface area is 144 Å². The van der Waals surface area contributed by atoms with Gasteiger partial charge in [0.25, 0.3) is 0 Å². The van der Waals surface area contributed by atoms with Gasteiger partial charge in [-0.05, 0) is 48.7 Å². The van der Waals surface area contributed by atoms with Crippen LogP contribution in [0.15, 0.2) is 39.8 Å². The van der Waals surface area contributed by atoms with Crippen LogP contribution in [0.1, 0.15) is 35.0 Å². The molecule has 1 atom stereocenters. The number of hydrogen-bond acceptors (Lipinski definition) is 5. The maximum Gasteiger partial charge on any atom is 0.220 e. The molecular formula is C17H20N4O2S. The molecule has 0 radical (unpaired) electrons. The Morgan fingerprint density at radius 1 is 1.46 bits per heavy atom. The molecule has 126 valence electrons. The van der Waals surface area contributed by atoms with Crippen molar-refractivity contribution in [1.29, 1.82) is 0 Å². The van der Waals surface area contributed by atoms with Crippen LogP contribution in [0.5, 0.6) is 0 Å². The first-order chi connectivity index (χ1) is 11.6. The lowest BCUT2D eigenvalue weighted by Crippen LogP contribution is -2.31. The molecule has 3 rings (SSSR count). The molecule has 3 aromatic heterocycles. The minimum Gasteiger partial charge on any atom is -0.361 e. The van der Waals surface area contributed by atoms with Crippen molar-refractivity contribution in [2.45, 2.75) is 32.7 Å². The zero-order valence-electron chi connectivity index (χ0n) is 13.7. The topological polar surface area (TPSA) is 73.0 Å². The molecule has 1 amide bonds. The third kappa shape index (κ3) is 3.73. The van der Waals surface area contributed by atoms with Crippen LogP contribution in [0, 0.1) is 13.8 Å². The maximum absolute atomic E-state index is 12.2. The van der Waals surface area contributed by atoms with Gasteiger partial charge in [-0.25, -0.2) is 0 Å². The monoisotopic (exact) mass is 344 g/mol. The molecule has 0 spiro atoms. The van der Waals surface area contributed by atoms with Crippen molar-refractivity contribution in [2.75, 3.05) is 6.54 Å². The first-order valence-electron chi connectivity index (χ1n) is 7.85. The molecule has 3 aromatic rings. The summed E-state index contributed by atoms with van der Waals surface area (Å²) in [6.45, 7) is 4.28. The van der Waals surface area contributed by atoms with E-state index >= 15 is 0 Å². The number of rotatable bonds is 7. The number of nitrogens with one attached hydrogen (secondary N) is 1. The summed E-state index contributed by atoms with van der Waals surface area (Å²) >= 11 is 1.64. The molecule has 0 aliphatic heterocycles. The molecule has 0 saturated carbocycles. The van der Waals surface area contributed by atoms with Crippen molar-refractivity contribution in [1.82, 2.24) is 20.3 Å². The van der Waals surface area contributed by atoms with Crippen LogP contribution in [-0.2, 0) is 11.2 Å². The van der Waals surface area contributed by atoms with Gasteiger partial charge in [-0.3, -0.25) is 9.48 Å². The van der Waals surface area contributed by atoms with E-state index < -0.39 is 0 Å². The van der Waals surface area contributed by atoms with Crippen LogP contribution in [0.25, 0.3) is 0 Å². The van der Waals surface area contributed by atoms with E-state index in [1.54, 1.807) is 17.5 Å². The molecule has 0 bridgehead atoms. The van der Waals surface area contributed by atoms with Crippen LogP contribution in [-0.4, -0.2) is 27.4 Å². The molecule has 1 N–H and O–H groups in total. The SMILES string of the molecule is Cc1noc(C)c1CCC(=O)NC[C@H](c1ccsc1)n1cccn1. The Balaban J connectivity index is 1.58. The zero-order valence-corrected chi connectivity index (χ0v) is 14.5. The van der Waals surface area contributed by atoms with Gasteiger partial charge in [0.05, 0.1) is 11.7 Å². The third-order valence-corrected chi connectivity index (χ3v) is 4.75. The van der Waals surface area contributed by atoms with E-state index in [1.165, 1.54) is 0 Å². The van der Waals surface area contributed by atoms with E-state index in [1.807, 2.05) is 36.2 Å². The van der Waals surface area contributed by atoms with Crippen LogP contribution in [0.3, 0.4) is 0 Å². The van der Waals surface area contributed by atoms with Crippen LogP contribution < -0.4 is 5.32 Å². The molecule has 24 heavy (non-hydrogen) atoms. The Morgan fingerprint density at radius 3 is 2.96 bits per heavy atom. The lowest BCUT2D eigenvalue weighted by molar-refractivity contribution is -0.121. The first kappa shape index (κ1) is 16.4. The highest BCUT2D eigenvalue weighted by molar-refractivity contribution is 7.07. The standard InChI is InChI=1S/C17H20N4O2S/c1-12-15(13(2)23-20-12)4-5-17(22)18-10-16(14-6-9-24-11-14)21-8-3-7-19-21/h3,6-9,11,16H,4-5,10H2,1-2H3,(H,18,22)/t16-/m1/s1. The van der Waals surface area contributed by atoms with Gasteiger partial charge in [0.2, 0.25) is 5.91 Å². The fourth-order valence-corrected chi connectivity index (χ4v) is 3.40. The Bertz CT molecular complexity index is 724. The summed E-state index contributed by atoms with van der Waals surface area (Å²) in [5.41, 5.74) is 3.02. The molecule has 0 aliphatic rings. The van der Waals surface area contributed by atoms with E-state index in [9.17, 15) is 4.79 Å². The molecule has 0 fully saturated rings. The van der Waals surface area contributed by atoms with E-state index in [4.69, 9.17) is 4.52 Å². The summed E-state index contributed by atoms with van der Waals surface area (Å²) in [5.74, 6) is 0.801. The number of nitrogens with zero attached hydrogens (tertiary/aromatic N) is 3. The van der Waals surface area contributed by atoms with Crippen molar-refractivity contribution < 1.29 is 9.32 Å². The number of thiophene rings is 1. The van der Waals surface area contributed by atoms with Gasteiger partial charge in [0, 0.05) is 30.9 Å². The predicted molar refractivity (Wildman–Crippen MR) is 92.0 cm³/mol. The van der Waals surface area contributed by atoms with Crippen molar-refractivity contribution in [3.05, 3.63) is 57.9 Å². The van der Waals surface area contributed by atoms with Crippen LogP contribution >= 0.6 is 11.3 Å². The smallest absolute Gasteiger partial charge is 0.220 e. The van der Waals surface area contributed by atoms with Gasteiger partial charge < -0.3 is 9.84 Å². The summed E-state index contributed by atoms with van der Waals surface area (Å²) in [6.07, 6.45) is 4.72. The van der Waals surface area contributed by atoms with Gasteiger partial charge in [0.15, 0.2) is 0 Å². The highest BCUT2D eigenvalue weighted by Crippen LogP contribution is 2.20. The highest BCUT2D eigenvalue weighted by Gasteiger charge is 2.16. The maximum atomic E-state index is 12.2. The molecule has 7 heteroatoms. The summed E-state index contributed by atoms with van der Waals surface area (Å²) in [7, 11) is 0. The largest absolute Gasteiger partial charge is 0.361 e. The average molecular weight is 344 g/mol. The molecule has 6 nitrogen and oxygen atoms in total. The second-order valence-electron chi connectivity index (χ2n) is 5.67. The molecule has 0 aliphatic carbocycles. The normalized spacial score (nSPS) is 12.2. The van der Waals surface area contributed by atoms with Gasteiger partial charge >= 0.3 is 0 Å². The molecule has 0 saturated heterocycles. The second-order valence-corrected chi connectivity index (χ2v) is 6.45. The minimum atomic E-state index is 0.00858. The summed E-state index contributed by atoms with van der Waals surface area (Å²) in [4.78, 5) is 12.2. The number of aryl methyl sites for hydroxylation is 2. The Kier molecular flexibility index (Phi) is 5.10. The van der Waals surface area contributed by atoms with Crippen molar-refractivity contribution in [2.24, 2.45) is 0 Å². The second kappa shape index (κ2) is 7.44. The average Bonchev–Trinajstić information content (AvgIpc) is 3.31. The predicted octanol–water partition coefficient (Wildman–Crippen LogP) is 2.89. The fourth-order valence-electron chi connectivity index (χ4n) is 2.69. The quantitative estimate of drug-likeness (QED) is 0.715. The van der Waals surface area contributed by atoms with Gasteiger partial charge in [-0.15, -0.1) is 0 Å². The zero-order chi connectivity index (χ0) is 16.9. The Morgan fingerprint density at radius 2 is 2.33 bits per heavy atom. The van der Waals surface area contributed by atoms with Crippen LogP contribution in [0.2, 0.25) is 0 Å². The van der Waals surface area contributed by atoms with E-state index in [0.29, 0.717) is 19.4 Å². The molecule has 0 aromatic carbocycles. The summed E-state index contributed by atoms with van der Waals surface area (Å²) in [6, 6.07) is 3.96. The lowest BCUT2D eigenvalue weighted by Gasteiger charge is -2.17. The number of amides is 1. The first-order valence-corrected chi connectivity index (χ1v) is 8.79. The van der Waals surface area contributed by atoms with Crippen molar-refractivity contribution >= 4 is 17.2 Å². The van der Waals surface area contributed by atoms with Crippen molar-refractivity contribution in [3.63, 3.8) is 0 Å². The fraction of sp³-hybridized carbons (Fsp3) is 0.353.